The van der Waals surface area contributed by atoms with Gasteiger partial charge in [0, 0.05) is 23.0 Å². The van der Waals surface area contributed by atoms with Crippen LogP contribution in [-0.4, -0.2) is 35.8 Å². The zero-order chi connectivity index (χ0) is 24.2. The van der Waals surface area contributed by atoms with Crippen molar-refractivity contribution in [3.8, 4) is 16.9 Å². The highest BCUT2D eigenvalue weighted by atomic mass is 35.5. The summed E-state index contributed by atoms with van der Waals surface area (Å²) in [6.07, 6.45) is 1.72. The van der Waals surface area contributed by atoms with Crippen LogP contribution >= 0.6 is 11.6 Å². The van der Waals surface area contributed by atoms with Crippen LogP contribution in [0.15, 0.2) is 72.9 Å². The van der Waals surface area contributed by atoms with Gasteiger partial charge in [-0.3, -0.25) is 9.59 Å². The maximum absolute atomic E-state index is 13.3. The minimum atomic E-state index is -0.811. The number of anilines is 1. The molecule has 2 heterocycles. The molecular formula is C26H21ClN2O5. The molecule has 0 atom stereocenters. The number of aromatic nitrogens is 1. The molecule has 0 aliphatic carbocycles. The van der Waals surface area contributed by atoms with E-state index >= 15 is 0 Å². The van der Waals surface area contributed by atoms with Gasteiger partial charge in [-0.05, 0) is 67.1 Å². The van der Waals surface area contributed by atoms with Crippen molar-refractivity contribution < 1.29 is 23.9 Å². The monoisotopic (exact) mass is 476 g/mol. The molecule has 0 fully saturated rings. The van der Waals surface area contributed by atoms with Crippen molar-refractivity contribution in [1.29, 1.82) is 0 Å². The lowest BCUT2D eigenvalue weighted by atomic mass is 10.0. The third-order valence-electron chi connectivity index (χ3n) is 5.22. The van der Waals surface area contributed by atoms with Crippen molar-refractivity contribution >= 4 is 40.5 Å². The number of ether oxygens (including phenoxy) is 2. The van der Waals surface area contributed by atoms with E-state index in [1.165, 1.54) is 31.4 Å². The van der Waals surface area contributed by atoms with Crippen LogP contribution in [0.2, 0.25) is 5.02 Å². The van der Waals surface area contributed by atoms with E-state index < -0.39 is 17.7 Å². The van der Waals surface area contributed by atoms with Gasteiger partial charge in [-0.15, -0.1) is 0 Å². The summed E-state index contributed by atoms with van der Waals surface area (Å²) in [4.78, 5) is 38.1. The summed E-state index contributed by atoms with van der Waals surface area (Å²) in [6, 6.07) is 18.6. The summed E-state index contributed by atoms with van der Waals surface area (Å²) in [5, 5.41) is 2.99. The molecule has 2 aromatic carbocycles. The quantitative estimate of drug-likeness (QED) is 0.223. The maximum atomic E-state index is 13.3. The third-order valence-corrected chi connectivity index (χ3v) is 5.51. The van der Waals surface area contributed by atoms with Crippen LogP contribution in [0.25, 0.3) is 16.6 Å². The van der Waals surface area contributed by atoms with Crippen LogP contribution in [0.5, 0.6) is 5.75 Å². The van der Waals surface area contributed by atoms with Gasteiger partial charge in [-0.2, -0.15) is 0 Å². The highest BCUT2D eigenvalue weighted by Gasteiger charge is 2.25. The fourth-order valence-electron chi connectivity index (χ4n) is 3.61. The molecule has 34 heavy (non-hydrogen) atoms. The third kappa shape index (κ3) is 4.51. The number of nitrogens with one attached hydrogen (secondary N) is 1. The van der Waals surface area contributed by atoms with E-state index in [0.717, 1.165) is 5.52 Å². The summed E-state index contributed by atoms with van der Waals surface area (Å²) in [5.41, 5.74) is 2.92. The smallest absolute Gasteiger partial charge is 0.338 e. The lowest BCUT2D eigenvalue weighted by Gasteiger charge is -2.09. The number of Topliss-reactive ketones (excluding diaryl/α,β-unsaturated/α-hetero) is 1. The fraction of sp³-hybridized carbons (Fsp3) is 0.115. The van der Waals surface area contributed by atoms with Gasteiger partial charge in [0.2, 0.25) is 0 Å². The Balaban J connectivity index is 1.67. The number of carbonyl (C=O) groups excluding carboxylic acids is 3. The first kappa shape index (κ1) is 23.1. The number of hydrogen-bond acceptors (Lipinski definition) is 5. The van der Waals surface area contributed by atoms with Gasteiger partial charge >= 0.3 is 5.97 Å². The topological polar surface area (TPSA) is 86.1 Å². The average Bonchev–Trinajstić information content (AvgIpc) is 3.23. The number of rotatable bonds is 7. The predicted molar refractivity (Wildman–Crippen MR) is 130 cm³/mol. The molecule has 0 spiro atoms. The number of carbonyl (C=O) groups is 3. The van der Waals surface area contributed by atoms with Crippen LogP contribution in [-0.2, 0) is 9.53 Å². The molecule has 172 valence electrons. The molecule has 0 radical (unpaired) electrons. The normalized spacial score (nSPS) is 10.7. The Morgan fingerprint density at radius 2 is 1.76 bits per heavy atom. The summed E-state index contributed by atoms with van der Waals surface area (Å²) >= 11 is 6.31. The number of halogens is 1. The highest BCUT2D eigenvalue weighted by molar-refractivity contribution is 6.47. The number of nitrogens with zero attached hydrogens (tertiary/aromatic N) is 1. The molecule has 1 N–H and O–H groups in total. The van der Waals surface area contributed by atoms with Crippen molar-refractivity contribution in [1.82, 2.24) is 4.40 Å². The number of esters is 1. The second kappa shape index (κ2) is 9.80. The Kier molecular flexibility index (Phi) is 6.65. The maximum Gasteiger partial charge on any atom is 0.338 e. The van der Waals surface area contributed by atoms with Crippen LogP contribution in [0.4, 0.5) is 5.69 Å². The Morgan fingerprint density at radius 1 is 1.00 bits per heavy atom. The van der Waals surface area contributed by atoms with Gasteiger partial charge in [0.1, 0.15) is 11.4 Å². The van der Waals surface area contributed by atoms with E-state index in [4.69, 9.17) is 21.1 Å². The lowest BCUT2D eigenvalue weighted by molar-refractivity contribution is -0.112. The average molecular weight is 477 g/mol. The lowest BCUT2D eigenvalue weighted by Crippen LogP contribution is -2.24. The Bertz CT molecular complexity index is 1390. The van der Waals surface area contributed by atoms with Gasteiger partial charge in [0.15, 0.2) is 0 Å². The van der Waals surface area contributed by atoms with Crippen molar-refractivity contribution in [2.45, 2.75) is 6.92 Å². The van der Waals surface area contributed by atoms with Gasteiger partial charge in [-0.1, -0.05) is 23.7 Å². The zero-order valence-electron chi connectivity index (χ0n) is 18.5. The summed E-state index contributed by atoms with van der Waals surface area (Å²) in [5.74, 6) is -1.49. The van der Waals surface area contributed by atoms with Crippen LogP contribution in [0, 0.1) is 0 Å². The second-order valence-corrected chi connectivity index (χ2v) is 7.74. The molecule has 0 aliphatic rings. The molecule has 0 saturated heterocycles. The Morgan fingerprint density at radius 3 is 2.44 bits per heavy atom. The molecular weight excluding hydrogens is 456 g/mol. The molecule has 0 aliphatic heterocycles. The molecule has 1 amide bonds. The first-order valence-electron chi connectivity index (χ1n) is 10.5. The molecule has 8 heteroatoms. The van der Waals surface area contributed by atoms with Gasteiger partial charge in [0.05, 0.1) is 24.3 Å². The number of benzene rings is 2. The number of ketones is 1. The number of fused-ring (bicyclic) bond motifs is 1. The van der Waals surface area contributed by atoms with E-state index in [1.807, 2.05) is 18.2 Å². The fourth-order valence-corrected chi connectivity index (χ4v) is 3.87. The van der Waals surface area contributed by atoms with Gasteiger partial charge in [0.25, 0.3) is 11.7 Å². The number of amides is 1. The van der Waals surface area contributed by atoms with Crippen LogP contribution in [0.3, 0.4) is 0 Å². The van der Waals surface area contributed by atoms with E-state index in [0.29, 0.717) is 33.1 Å². The zero-order valence-corrected chi connectivity index (χ0v) is 19.3. The van der Waals surface area contributed by atoms with Crippen LogP contribution in [0.1, 0.15) is 27.8 Å². The van der Waals surface area contributed by atoms with Crippen molar-refractivity contribution in [2.75, 3.05) is 19.0 Å². The molecule has 0 unspecified atom stereocenters. The number of methoxy groups -OCH3 is 1. The van der Waals surface area contributed by atoms with Gasteiger partial charge < -0.3 is 19.2 Å². The van der Waals surface area contributed by atoms with Crippen molar-refractivity contribution in [2.24, 2.45) is 0 Å². The highest BCUT2D eigenvalue weighted by Crippen LogP contribution is 2.34. The van der Waals surface area contributed by atoms with Crippen LogP contribution < -0.4 is 10.1 Å². The molecule has 2 aromatic heterocycles. The number of pyridine rings is 1. The molecule has 7 nitrogen and oxygen atoms in total. The predicted octanol–water partition coefficient (Wildman–Crippen LogP) is 5.27. The summed E-state index contributed by atoms with van der Waals surface area (Å²) in [7, 11) is 1.52. The van der Waals surface area contributed by atoms with E-state index in [2.05, 4.69) is 5.32 Å². The Hall–Kier alpha value is -4.10. The first-order valence-corrected chi connectivity index (χ1v) is 10.9. The SMILES string of the molecule is CCOC(=O)c1ccc(NC(=O)C(=O)c2c(-c3ccc(OC)c(Cl)c3)cc3ccccn23)cc1. The van der Waals surface area contributed by atoms with Crippen molar-refractivity contribution in [3.63, 3.8) is 0 Å². The first-order chi connectivity index (χ1) is 16.4. The van der Waals surface area contributed by atoms with E-state index in [1.54, 1.807) is 41.8 Å². The largest absolute Gasteiger partial charge is 0.495 e. The summed E-state index contributed by atoms with van der Waals surface area (Å²) < 4.78 is 11.8. The molecule has 0 bridgehead atoms. The summed E-state index contributed by atoms with van der Waals surface area (Å²) in [6.45, 7) is 1.98. The second-order valence-electron chi connectivity index (χ2n) is 7.33. The van der Waals surface area contributed by atoms with E-state index in [-0.39, 0.29) is 12.3 Å². The molecule has 0 saturated carbocycles. The molecule has 4 rings (SSSR count). The van der Waals surface area contributed by atoms with Gasteiger partial charge in [-0.25, -0.2) is 4.79 Å². The molecule has 4 aromatic rings. The number of hydrogen-bond donors (Lipinski definition) is 1. The van der Waals surface area contributed by atoms with Crippen molar-refractivity contribution in [3.05, 3.63) is 89.2 Å². The minimum absolute atomic E-state index is 0.206. The van der Waals surface area contributed by atoms with E-state index in [9.17, 15) is 14.4 Å². The standard InChI is InChI=1S/C26H21ClN2O5/c1-3-34-26(32)16-7-10-18(11-8-16)28-25(31)24(30)23-20(15-19-6-4-5-13-29(19)23)17-9-12-22(33-2)21(27)14-17/h4-15H,3H2,1-2H3,(H,28,31). The minimum Gasteiger partial charge on any atom is -0.495 e. The Labute approximate surface area is 200 Å².